The second kappa shape index (κ2) is 8.72. The molecule has 8 nitrogen and oxygen atoms in total. The van der Waals surface area contributed by atoms with Crippen LogP contribution in [-0.2, 0) is 27.7 Å². The van der Waals surface area contributed by atoms with Gasteiger partial charge in [-0.3, -0.25) is 4.79 Å². The molecule has 0 radical (unpaired) electrons. The van der Waals surface area contributed by atoms with Crippen LogP contribution < -0.4 is 4.90 Å². The van der Waals surface area contributed by atoms with Gasteiger partial charge in [0.05, 0.1) is 4.90 Å². The molecule has 3 heterocycles. The van der Waals surface area contributed by atoms with Gasteiger partial charge in [-0.25, -0.2) is 8.42 Å². The fraction of sp³-hybridized carbons (Fsp3) is 0.375. The van der Waals surface area contributed by atoms with Gasteiger partial charge in [0.1, 0.15) is 0 Å². The van der Waals surface area contributed by atoms with Gasteiger partial charge in [0.2, 0.25) is 27.6 Å². The van der Waals surface area contributed by atoms with Gasteiger partial charge in [-0.1, -0.05) is 30.3 Å². The number of hydrogen-bond donors (Lipinski definition) is 0. The van der Waals surface area contributed by atoms with Gasteiger partial charge in [0.25, 0.3) is 0 Å². The van der Waals surface area contributed by atoms with Crippen LogP contribution in [0, 0.1) is 5.92 Å². The SMILES string of the molecule is CCc1nc(-c2ccc(S(=O)(=O)N3CCC(C(=O)N4CCc5ccccc54)CC3)cc2)no1. The highest BCUT2D eigenvalue weighted by Gasteiger charge is 2.35. The van der Waals surface area contributed by atoms with Crippen molar-refractivity contribution in [1.29, 1.82) is 0 Å². The summed E-state index contributed by atoms with van der Waals surface area (Å²) in [6.07, 6.45) is 2.56. The van der Waals surface area contributed by atoms with E-state index in [2.05, 4.69) is 16.2 Å². The zero-order valence-electron chi connectivity index (χ0n) is 18.5. The molecule has 0 saturated carbocycles. The Morgan fingerprint density at radius 1 is 1.06 bits per heavy atom. The van der Waals surface area contributed by atoms with Crippen LogP contribution in [-0.4, -0.2) is 48.4 Å². The Balaban J connectivity index is 1.24. The van der Waals surface area contributed by atoms with Crippen molar-refractivity contribution in [2.24, 2.45) is 5.92 Å². The maximum atomic E-state index is 13.2. The first-order valence-corrected chi connectivity index (χ1v) is 12.7. The van der Waals surface area contributed by atoms with Crippen LogP contribution in [0.3, 0.4) is 0 Å². The van der Waals surface area contributed by atoms with Crippen LogP contribution in [0.5, 0.6) is 0 Å². The lowest BCUT2D eigenvalue weighted by molar-refractivity contribution is -0.123. The van der Waals surface area contributed by atoms with Crippen LogP contribution >= 0.6 is 0 Å². The van der Waals surface area contributed by atoms with E-state index in [1.165, 1.54) is 9.87 Å². The van der Waals surface area contributed by atoms with E-state index in [4.69, 9.17) is 4.52 Å². The Morgan fingerprint density at radius 3 is 2.48 bits per heavy atom. The number of carbonyl (C=O) groups excluding carboxylic acids is 1. The number of benzene rings is 2. The summed E-state index contributed by atoms with van der Waals surface area (Å²) in [4.78, 5) is 19.5. The lowest BCUT2D eigenvalue weighted by Gasteiger charge is -2.32. The fourth-order valence-corrected chi connectivity index (χ4v) is 6.04. The number of para-hydroxylation sites is 1. The van der Waals surface area contributed by atoms with Gasteiger partial charge in [-0.05, 0) is 55.2 Å². The number of fused-ring (bicyclic) bond motifs is 1. The third kappa shape index (κ3) is 4.06. The average molecular weight is 467 g/mol. The molecule has 3 aromatic rings. The summed E-state index contributed by atoms with van der Waals surface area (Å²) in [6, 6.07) is 14.5. The molecule has 1 saturated heterocycles. The number of carbonyl (C=O) groups is 1. The van der Waals surface area contributed by atoms with E-state index in [9.17, 15) is 13.2 Å². The molecule has 2 aliphatic heterocycles. The number of rotatable bonds is 5. The van der Waals surface area contributed by atoms with Gasteiger partial charge >= 0.3 is 0 Å². The van der Waals surface area contributed by atoms with E-state index in [1.54, 1.807) is 24.3 Å². The Hall–Kier alpha value is -3.04. The first-order valence-electron chi connectivity index (χ1n) is 11.3. The number of piperidine rings is 1. The molecular weight excluding hydrogens is 440 g/mol. The lowest BCUT2D eigenvalue weighted by atomic mass is 9.96. The van der Waals surface area contributed by atoms with Gasteiger partial charge < -0.3 is 9.42 Å². The molecular formula is C24H26N4O4S. The summed E-state index contributed by atoms with van der Waals surface area (Å²) in [7, 11) is -3.63. The highest BCUT2D eigenvalue weighted by atomic mass is 32.2. The second-order valence-electron chi connectivity index (χ2n) is 8.44. The molecule has 0 atom stereocenters. The zero-order valence-corrected chi connectivity index (χ0v) is 19.3. The van der Waals surface area contributed by atoms with Gasteiger partial charge in [0, 0.05) is 43.2 Å². The molecule has 2 aromatic carbocycles. The lowest BCUT2D eigenvalue weighted by Crippen LogP contribution is -2.44. The predicted octanol–water partition coefficient (Wildman–Crippen LogP) is 3.29. The molecule has 0 bridgehead atoms. The number of sulfonamides is 1. The van der Waals surface area contributed by atoms with Crippen LogP contribution in [0.15, 0.2) is 57.9 Å². The highest BCUT2D eigenvalue weighted by Crippen LogP contribution is 2.32. The van der Waals surface area contributed by atoms with Crippen LogP contribution in [0.2, 0.25) is 0 Å². The maximum Gasteiger partial charge on any atom is 0.243 e. The molecule has 1 fully saturated rings. The van der Waals surface area contributed by atoms with Crippen molar-refractivity contribution in [3.63, 3.8) is 0 Å². The molecule has 0 N–H and O–H groups in total. The third-order valence-corrected chi connectivity index (χ3v) is 8.39. The average Bonchev–Trinajstić information content (AvgIpc) is 3.51. The number of aryl methyl sites for hydroxylation is 1. The van der Waals surface area contributed by atoms with Gasteiger partial charge in [-0.15, -0.1) is 0 Å². The summed E-state index contributed by atoms with van der Waals surface area (Å²) in [6.45, 7) is 3.29. The van der Waals surface area contributed by atoms with Crippen molar-refractivity contribution in [2.75, 3.05) is 24.5 Å². The summed E-state index contributed by atoms with van der Waals surface area (Å²) >= 11 is 0. The monoisotopic (exact) mass is 466 g/mol. The Labute approximate surface area is 193 Å². The molecule has 0 aliphatic carbocycles. The number of anilines is 1. The first-order chi connectivity index (χ1) is 16.0. The molecule has 1 aromatic heterocycles. The predicted molar refractivity (Wildman–Crippen MR) is 123 cm³/mol. The van der Waals surface area contributed by atoms with Crippen molar-refractivity contribution in [2.45, 2.75) is 37.5 Å². The van der Waals surface area contributed by atoms with E-state index >= 15 is 0 Å². The third-order valence-electron chi connectivity index (χ3n) is 6.48. The molecule has 5 rings (SSSR count). The van der Waals surface area contributed by atoms with Crippen molar-refractivity contribution >= 4 is 21.6 Å². The quantitative estimate of drug-likeness (QED) is 0.573. The smallest absolute Gasteiger partial charge is 0.243 e. The minimum Gasteiger partial charge on any atom is -0.339 e. The summed E-state index contributed by atoms with van der Waals surface area (Å²) in [5, 5.41) is 3.93. The van der Waals surface area contributed by atoms with Crippen LogP contribution in [0.4, 0.5) is 5.69 Å². The number of hydrogen-bond acceptors (Lipinski definition) is 6. The Kier molecular flexibility index (Phi) is 5.76. The summed E-state index contributed by atoms with van der Waals surface area (Å²) < 4.78 is 32.9. The Bertz CT molecular complexity index is 1260. The number of aromatic nitrogens is 2. The summed E-state index contributed by atoms with van der Waals surface area (Å²) in [5.41, 5.74) is 2.89. The van der Waals surface area contributed by atoms with E-state index in [0.717, 1.165) is 12.1 Å². The molecule has 0 spiro atoms. The minimum atomic E-state index is -3.63. The first kappa shape index (κ1) is 21.8. The molecule has 33 heavy (non-hydrogen) atoms. The van der Waals surface area contributed by atoms with Crippen molar-refractivity contribution in [1.82, 2.24) is 14.4 Å². The summed E-state index contributed by atoms with van der Waals surface area (Å²) in [5.74, 6) is 0.930. The fourth-order valence-electron chi connectivity index (χ4n) is 4.57. The number of amides is 1. The maximum absolute atomic E-state index is 13.2. The van der Waals surface area contributed by atoms with Crippen LogP contribution in [0.1, 0.15) is 31.2 Å². The van der Waals surface area contributed by atoms with Gasteiger partial charge in [-0.2, -0.15) is 9.29 Å². The normalized spacial score (nSPS) is 17.3. The van der Waals surface area contributed by atoms with Crippen molar-refractivity contribution in [3.8, 4) is 11.4 Å². The minimum absolute atomic E-state index is 0.105. The van der Waals surface area contributed by atoms with Gasteiger partial charge in [0.15, 0.2) is 0 Å². The highest BCUT2D eigenvalue weighted by molar-refractivity contribution is 7.89. The standard InChI is InChI=1S/C24H26N4O4S/c1-2-22-25-23(26-32-22)18-7-9-20(10-8-18)33(30,31)27-14-11-19(12-15-27)24(29)28-16-13-17-5-3-4-6-21(17)28/h3-10,19H,2,11-16H2,1H3. The topological polar surface area (TPSA) is 96.6 Å². The van der Waals surface area contributed by atoms with E-state index < -0.39 is 10.0 Å². The largest absolute Gasteiger partial charge is 0.339 e. The van der Waals surface area contributed by atoms with Crippen LogP contribution in [0.25, 0.3) is 11.4 Å². The molecule has 0 unspecified atom stereocenters. The van der Waals surface area contributed by atoms with E-state index in [-0.39, 0.29) is 16.7 Å². The van der Waals surface area contributed by atoms with E-state index in [1.807, 2.05) is 30.0 Å². The number of nitrogens with zero attached hydrogens (tertiary/aromatic N) is 4. The molecule has 172 valence electrons. The van der Waals surface area contributed by atoms with Crippen molar-refractivity contribution < 1.29 is 17.7 Å². The molecule has 1 amide bonds. The molecule has 2 aliphatic rings. The molecule has 9 heteroatoms. The zero-order chi connectivity index (χ0) is 23.0. The van der Waals surface area contributed by atoms with E-state index in [0.29, 0.717) is 56.2 Å². The Morgan fingerprint density at radius 2 is 1.79 bits per heavy atom. The second-order valence-corrected chi connectivity index (χ2v) is 10.4. The van der Waals surface area contributed by atoms with Crippen molar-refractivity contribution in [3.05, 3.63) is 60.0 Å².